The van der Waals surface area contributed by atoms with E-state index in [0.29, 0.717) is 16.9 Å². The molecule has 0 amide bonds. The quantitative estimate of drug-likeness (QED) is 0.245. The Morgan fingerprint density at radius 3 is 2.62 bits per heavy atom. The summed E-state index contributed by atoms with van der Waals surface area (Å²) in [5.74, 6) is -0.971. The second kappa shape index (κ2) is 7.05. The molecule has 3 heterocycles. The number of rotatable bonds is 2. The van der Waals surface area contributed by atoms with Crippen molar-refractivity contribution < 1.29 is 17.8 Å². The first-order valence-electron chi connectivity index (χ1n) is 11.0. The fraction of sp³-hybridized carbons (Fsp3) is 0.269. The van der Waals surface area contributed by atoms with Crippen LogP contribution in [0.2, 0.25) is 0 Å². The van der Waals surface area contributed by atoms with Crippen molar-refractivity contribution in [2.24, 2.45) is 7.05 Å². The Morgan fingerprint density at radius 1 is 1.03 bits per heavy atom. The van der Waals surface area contributed by atoms with Gasteiger partial charge in [-0.3, -0.25) is 0 Å². The van der Waals surface area contributed by atoms with E-state index in [4.69, 9.17) is 4.42 Å². The van der Waals surface area contributed by atoms with Crippen molar-refractivity contribution in [3.8, 4) is 11.3 Å². The van der Waals surface area contributed by atoms with Crippen LogP contribution in [-0.2, 0) is 7.05 Å². The Labute approximate surface area is 183 Å². The molecule has 0 unspecified atom stereocenters. The zero-order valence-corrected chi connectivity index (χ0v) is 18.0. The van der Waals surface area contributed by atoms with Crippen molar-refractivity contribution in [1.82, 2.24) is 9.97 Å². The molecule has 1 saturated carbocycles. The van der Waals surface area contributed by atoms with Gasteiger partial charge in [-0.25, -0.2) is 8.96 Å². The first-order chi connectivity index (χ1) is 15.5. The summed E-state index contributed by atoms with van der Waals surface area (Å²) in [5.41, 5.74) is 5.46. The molecule has 4 nitrogen and oxygen atoms in total. The van der Waals surface area contributed by atoms with Gasteiger partial charge >= 0.3 is 0 Å². The van der Waals surface area contributed by atoms with Gasteiger partial charge in [0.05, 0.1) is 23.4 Å². The first-order valence-corrected chi connectivity index (χ1v) is 11.0. The number of hydrogen-bond acceptors (Lipinski definition) is 3. The van der Waals surface area contributed by atoms with Crippen LogP contribution >= 0.6 is 0 Å². The Morgan fingerprint density at radius 2 is 1.81 bits per heavy atom. The number of benzene rings is 2. The lowest BCUT2D eigenvalue weighted by molar-refractivity contribution is -0.662. The first kappa shape index (κ1) is 19.3. The third-order valence-electron chi connectivity index (χ3n) is 6.80. The smallest absolute Gasteiger partial charge is 0.287 e. The minimum absolute atomic E-state index is 0.0334. The largest absolute Gasteiger partial charge is 0.437 e. The predicted octanol–water partition coefficient (Wildman–Crippen LogP) is 6.26. The molecule has 0 aliphatic heterocycles. The average Bonchev–Trinajstić information content (AvgIpc) is 3.42. The van der Waals surface area contributed by atoms with Gasteiger partial charge in [0.15, 0.2) is 5.52 Å². The number of hydrogen-bond donors (Lipinski definition) is 0. The Hall–Kier alpha value is -3.41. The number of fused-ring (bicyclic) bond motifs is 4. The summed E-state index contributed by atoms with van der Waals surface area (Å²) < 4.78 is 36.3. The molecule has 0 bridgehead atoms. The lowest BCUT2D eigenvalue weighted by Crippen LogP contribution is -2.32. The molecule has 160 valence electrons. The molecule has 6 heteroatoms. The van der Waals surface area contributed by atoms with E-state index in [2.05, 4.69) is 28.2 Å². The van der Waals surface area contributed by atoms with Crippen LogP contribution in [0.25, 0.3) is 44.2 Å². The van der Waals surface area contributed by atoms with Crippen molar-refractivity contribution in [3.05, 3.63) is 65.6 Å². The molecule has 0 atom stereocenters. The van der Waals surface area contributed by atoms with Crippen LogP contribution in [0, 0.1) is 18.7 Å². The predicted molar refractivity (Wildman–Crippen MR) is 119 cm³/mol. The van der Waals surface area contributed by atoms with E-state index < -0.39 is 11.8 Å². The molecule has 0 radical (unpaired) electrons. The molecule has 6 rings (SSSR count). The van der Waals surface area contributed by atoms with Gasteiger partial charge in [-0.2, -0.15) is 9.37 Å². The van der Waals surface area contributed by atoms with E-state index in [9.17, 15) is 8.78 Å². The van der Waals surface area contributed by atoms with E-state index >= 15 is 0 Å². The normalized spacial score (nSPS) is 14.9. The minimum atomic E-state index is -0.897. The zero-order valence-electron chi connectivity index (χ0n) is 18.0. The van der Waals surface area contributed by atoms with Gasteiger partial charge in [0.1, 0.15) is 17.1 Å². The van der Waals surface area contributed by atoms with Crippen LogP contribution in [0.5, 0.6) is 0 Å². The summed E-state index contributed by atoms with van der Waals surface area (Å²) in [6, 6.07) is 11.1. The summed E-state index contributed by atoms with van der Waals surface area (Å²) in [4.78, 5) is 8.47. The van der Waals surface area contributed by atoms with Crippen LogP contribution in [0.1, 0.15) is 42.7 Å². The highest BCUT2D eigenvalue weighted by atomic mass is 19.1. The van der Waals surface area contributed by atoms with E-state index in [-0.39, 0.29) is 11.1 Å². The highest BCUT2D eigenvalue weighted by molar-refractivity contribution is 6.11. The van der Waals surface area contributed by atoms with Crippen LogP contribution < -0.4 is 4.57 Å². The van der Waals surface area contributed by atoms with Crippen LogP contribution in [0.3, 0.4) is 0 Å². The number of furan rings is 1. The van der Waals surface area contributed by atoms with Gasteiger partial charge in [-0.05, 0) is 53.9 Å². The van der Waals surface area contributed by atoms with Gasteiger partial charge < -0.3 is 4.42 Å². The standard InChI is InChI=1S/C26H22F2N3O/c1-14-7-9-18-23-19(27)12-21(28)30-26(23)32-25(18)22(14)24-17-10-8-16(15-5-3-4-6-15)11-20(17)29-13-31(24)2/h7-13,15H,3-6H2,1-2H3/q+1. The summed E-state index contributed by atoms with van der Waals surface area (Å²) in [5, 5.41) is 1.78. The maximum atomic E-state index is 14.6. The third kappa shape index (κ3) is 2.82. The zero-order chi connectivity index (χ0) is 22.0. The van der Waals surface area contributed by atoms with Crippen molar-refractivity contribution in [3.63, 3.8) is 0 Å². The highest BCUT2D eigenvalue weighted by Crippen LogP contribution is 2.40. The second-order valence-corrected chi connectivity index (χ2v) is 8.81. The van der Waals surface area contributed by atoms with E-state index in [1.165, 1.54) is 31.2 Å². The molecule has 5 aromatic rings. The van der Waals surface area contributed by atoms with Crippen LogP contribution in [0.4, 0.5) is 8.78 Å². The van der Waals surface area contributed by atoms with Gasteiger partial charge in [0, 0.05) is 11.5 Å². The Bertz CT molecular complexity index is 1530. The fourth-order valence-corrected chi connectivity index (χ4v) is 5.23. The fourth-order valence-electron chi connectivity index (χ4n) is 5.23. The Kier molecular flexibility index (Phi) is 4.25. The number of pyridine rings is 1. The topological polar surface area (TPSA) is 42.8 Å². The average molecular weight is 430 g/mol. The number of halogens is 2. The highest BCUT2D eigenvalue weighted by Gasteiger charge is 2.25. The lowest BCUT2D eigenvalue weighted by atomic mass is 9.94. The van der Waals surface area contributed by atoms with Crippen molar-refractivity contribution in [1.29, 1.82) is 0 Å². The number of aryl methyl sites for hydroxylation is 2. The maximum absolute atomic E-state index is 14.6. The van der Waals surface area contributed by atoms with E-state index in [0.717, 1.165) is 33.8 Å². The summed E-state index contributed by atoms with van der Waals surface area (Å²) in [7, 11) is 1.94. The lowest BCUT2D eigenvalue weighted by Gasteiger charge is -2.12. The third-order valence-corrected chi connectivity index (χ3v) is 6.80. The maximum Gasteiger partial charge on any atom is 0.287 e. The van der Waals surface area contributed by atoms with Crippen LogP contribution in [-0.4, -0.2) is 9.97 Å². The van der Waals surface area contributed by atoms with E-state index in [1.54, 1.807) is 6.33 Å². The monoisotopic (exact) mass is 430 g/mol. The SMILES string of the molecule is Cc1ccc2c(oc3nc(F)cc(F)c32)c1-c1c2ccc(C3CCCC3)cc2nc[n+]1C. The van der Waals surface area contributed by atoms with Gasteiger partial charge in [-0.15, -0.1) is 0 Å². The summed E-state index contributed by atoms with van der Waals surface area (Å²) in [6.07, 6.45) is 6.82. The second-order valence-electron chi connectivity index (χ2n) is 8.81. The van der Waals surface area contributed by atoms with Gasteiger partial charge in [0.2, 0.25) is 11.7 Å². The molecule has 1 fully saturated rings. The molecule has 0 N–H and O–H groups in total. The molecular formula is C26H22F2N3O+. The molecular weight excluding hydrogens is 408 g/mol. The molecule has 2 aromatic carbocycles. The molecule has 0 saturated heterocycles. The van der Waals surface area contributed by atoms with Gasteiger partial charge in [-0.1, -0.05) is 31.0 Å². The molecule has 1 aliphatic rings. The van der Waals surface area contributed by atoms with Gasteiger partial charge in [0.25, 0.3) is 6.33 Å². The molecule has 1 aliphatic carbocycles. The Balaban J connectivity index is 1.66. The molecule has 3 aromatic heterocycles. The summed E-state index contributed by atoms with van der Waals surface area (Å²) >= 11 is 0. The van der Waals surface area contributed by atoms with Crippen molar-refractivity contribution in [2.75, 3.05) is 0 Å². The molecule has 0 spiro atoms. The number of nitrogens with zero attached hydrogens (tertiary/aromatic N) is 3. The number of aromatic nitrogens is 3. The van der Waals surface area contributed by atoms with E-state index in [1.807, 2.05) is 30.7 Å². The van der Waals surface area contributed by atoms with Crippen LogP contribution in [0.15, 0.2) is 47.1 Å². The minimum Gasteiger partial charge on any atom is -0.437 e. The van der Waals surface area contributed by atoms with Crippen molar-refractivity contribution >= 4 is 33.0 Å². The summed E-state index contributed by atoms with van der Waals surface area (Å²) in [6.45, 7) is 1.99. The molecule has 32 heavy (non-hydrogen) atoms. The van der Waals surface area contributed by atoms with Crippen molar-refractivity contribution in [2.45, 2.75) is 38.5 Å².